The summed E-state index contributed by atoms with van der Waals surface area (Å²) >= 11 is 7.00. The number of benzene rings is 2. The number of methoxy groups -OCH3 is 1. The first kappa shape index (κ1) is 21.9. The normalized spacial score (nSPS) is 10.8. The van der Waals surface area contributed by atoms with Crippen LogP contribution in [0.4, 0.5) is 10.1 Å². The van der Waals surface area contributed by atoms with Crippen LogP contribution in [0.2, 0.25) is 5.02 Å². The highest BCUT2D eigenvalue weighted by atomic mass is 35.5. The van der Waals surface area contributed by atoms with Crippen LogP contribution in [-0.4, -0.2) is 33.5 Å². The van der Waals surface area contributed by atoms with Crippen molar-refractivity contribution in [3.8, 4) is 17.1 Å². The van der Waals surface area contributed by atoms with Gasteiger partial charge in [0.15, 0.2) is 11.0 Å². The minimum Gasteiger partial charge on any atom is -0.497 e. The molecule has 0 aliphatic rings. The zero-order chi connectivity index (χ0) is 22.5. The third-order valence-electron chi connectivity index (χ3n) is 4.49. The Bertz CT molecular complexity index is 1210. The second-order valence-corrected chi connectivity index (χ2v) is 8.02. The number of nitrogens with zero attached hydrogens (tertiary/aromatic N) is 3. The Hall–Kier alpha value is -3.30. The first-order valence-corrected chi connectivity index (χ1v) is 10.9. The maximum absolute atomic E-state index is 13.3. The number of amides is 1. The molecule has 0 aliphatic heterocycles. The van der Waals surface area contributed by atoms with Crippen molar-refractivity contribution in [1.29, 1.82) is 0 Å². The third-order valence-corrected chi connectivity index (χ3v) is 5.75. The number of hydrogen-bond acceptors (Lipinski definition) is 6. The van der Waals surface area contributed by atoms with Crippen molar-refractivity contribution in [2.75, 3.05) is 18.2 Å². The molecule has 4 aromatic rings. The first-order chi connectivity index (χ1) is 15.5. The molecule has 2 aromatic heterocycles. The summed E-state index contributed by atoms with van der Waals surface area (Å²) in [5.74, 6) is 1.35. The maximum Gasteiger partial charge on any atom is 0.234 e. The van der Waals surface area contributed by atoms with Gasteiger partial charge in [0, 0.05) is 11.3 Å². The summed E-state index contributed by atoms with van der Waals surface area (Å²) in [5, 5.41) is 11.8. The molecule has 2 heterocycles. The lowest BCUT2D eigenvalue weighted by Crippen LogP contribution is -2.15. The SMILES string of the molecule is COc1ccc(-c2nnc(SCC(=O)Nc3ccc(F)c(Cl)c3)n2Cc2ccco2)cc1. The van der Waals surface area contributed by atoms with Gasteiger partial charge in [-0.25, -0.2) is 4.39 Å². The van der Waals surface area contributed by atoms with Crippen molar-refractivity contribution < 1.29 is 18.3 Å². The Balaban J connectivity index is 1.52. The van der Waals surface area contributed by atoms with E-state index in [1.54, 1.807) is 19.4 Å². The van der Waals surface area contributed by atoms with Crippen LogP contribution in [0.15, 0.2) is 70.4 Å². The molecule has 0 radical (unpaired) electrons. The lowest BCUT2D eigenvalue weighted by atomic mass is 10.2. The molecule has 0 fully saturated rings. The van der Waals surface area contributed by atoms with Gasteiger partial charge >= 0.3 is 0 Å². The molecule has 4 rings (SSSR count). The van der Waals surface area contributed by atoms with Crippen molar-refractivity contribution in [2.45, 2.75) is 11.7 Å². The number of rotatable bonds is 8. The molecule has 0 spiro atoms. The number of carbonyl (C=O) groups is 1. The average molecular weight is 473 g/mol. The largest absolute Gasteiger partial charge is 0.497 e. The van der Waals surface area contributed by atoms with Gasteiger partial charge in [0.2, 0.25) is 5.91 Å². The monoisotopic (exact) mass is 472 g/mol. The summed E-state index contributed by atoms with van der Waals surface area (Å²) in [4.78, 5) is 12.4. The number of thioether (sulfide) groups is 1. The number of aromatic nitrogens is 3. The van der Waals surface area contributed by atoms with Crippen LogP contribution in [0.3, 0.4) is 0 Å². The lowest BCUT2D eigenvalue weighted by molar-refractivity contribution is -0.113. The van der Waals surface area contributed by atoms with Crippen molar-refractivity contribution in [2.24, 2.45) is 0 Å². The topological polar surface area (TPSA) is 82.2 Å². The molecule has 0 saturated carbocycles. The smallest absolute Gasteiger partial charge is 0.234 e. The zero-order valence-corrected chi connectivity index (χ0v) is 18.5. The van der Waals surface area contributed by atoms with Crippen LogP contribution in [0.5, 0.6) is 5.75 Å². The van der Waals surface area contributed by atoms with Gasteiger partial charge in [0.1, 0.15) is 17.3 Å². The van der Waals surface area contributed by atoms with Crippen LogP contribution in [-0.2, 0) is 11.3 Å². The molecule has 0 unspecified atom stereocenters. The summed E-state index contributed by atoms with van der Waals surface area (Å²) < 4.78 is 25.9. The molecular weight excluding hydrogens is 455 g/mol. The highest BCUT2D eigenvalue weighted by Gasteiger charge is 2.17. The second kappa shape index (κ2) is 9.88. The van der Waals surface area contributed by atoms with Crippen molar-refractivity contribution >= 4 is 35.0 Å². The van der Waals surface area contributed by atoms with Crippen molar-refractivity contribution in [3.63, 3.8) is 0 Å². The molecule has 1 N–H and O–H groups in total. The molecule has 0 bridgehead atoms. The number of furan rings is 1. The standard InChI is InChI=1S/C22H18ClFN4O3S/c1-30-16-7-4-14(5-8-16)21-26-27-22(28(21)12-17-3-2-10-31-17)32-13-20(29)25-15-6-9-19(24)18(23)11-15/h2-11H,12-13H2,1H3,(H,25,29). The molecular formula is C22H18ClFN4O3S. The van der Waals surface area contributed by atoms with Gasteiger partial charge in [0.05, 0.1) is 30.7 Å². The van der Waals surface area contributed by atoms with Gasteiger partial charge in [-0.2, -0.15) is 0 Å². The van der Waals surface area contributed by atoms with E-state index in [1.807, 2.05) is 34.9 Å². The van der Waals surface area contributed by atoms with E-state index in [4.69, 9.17) is 20.8 Å². The maximum atomic E-state index is 13.3. The van der Waals surface area contributed by atoms with Gasteiger partial charge in [-0.3, -0.25) is 9.36 Å². The van der Waals surface area contributed by atoms with E-state index >= 15 is 0 Å². The second-order valence-electron chi connectivity index (χ2n) is 6.67. The van der Waals surface area contributed by atoms with E-state index in [2.05, 4.69) is 15.5 Å². The molecule has 0 atom stereocenters. The molecule has 1 amide bonds. The highest BCUT2D eigenvalue weighted by Crippen LogP contribution is 2.27. The third kappa shape index (κ3) is 5.12. The van der Waals surface area contributed by atoms with E-state index in [9.17, 15) is 9.18 Å². The number of anilines is 1. The highest BCUT2D eigenvalue weighted by molar-refractivity contribution is 7.99. The summed E-state index contributed by atoms with van der Waals surface area (Å²) in [5.41, 5.74) is 1.26. The minimum atomic E-state index is -0.545. The van der Waals surface area contributed by atoms with Crippen LogP contribution < -0.4 is 10.1 Å². The van der Waals surface area contributed by atoms with E-state index in [1.165, 1.54) is 30.0 Å². The van der Waals surface area contributed by atoms with E-state index in [0.717, 1.165) is 17.1 Å². The fraction of sp³-hybridized carbons (Fsp3) is 0.136. The van der Waals surface area contributed by atoms with E-state index < -0.39 is 5.82 Å². The van der Waals surface area contributed by atoms with Crippen LogP contribution in [0.25, 0.3) is 11.4 Å². The van der Waals surface area contributed by atoms with Crippen molar-refractivity contribution in [1.82, 2.24) is 14.8 Å². The molecule has 0 aliphatic carbocycles. The van der Waals surface area contributed by atoms with E-state index in [-0.39, 0.29) is 16.7 Å². The fourth-order valence-corrected chi connectivity index (χ4v) is 3.87. The Kier molecular flexibility index (Phi) is 6.77. The molecule has 10 heteroatoms. The Morgan fingerprint density at radius 3 is 2.72 bits per heavy atom. The van der Waals surface area contributed by atoms with Gasteiger partial charge in [-0.05, 0) is 54.6 Å². The summed E-state index contributed by atoms with van der Waals surface area (Å²) in [6, 6.07) is 15.1. The van der Waals surface area contributed by atoms with E-state index in [0.29, 0.717) is 23.2 Å². The average Bonchev–Trinajstić information content (AvgIpc) is 3.45. The number of halogens is 2. The minimum absolute atomic E-state index is 0.0576. The zero-order valence-electron chi connectivity index (χ0n) is 16.9. The van der Waals surface area contributed by atoms with Gasteiger partial charge in [-0.1, -0.05) is 23.4 Å². The first-order valence-electron chi connectivity index (χ1n) is 9.51. The molecule has 164 valence electrons. The number of ether oxygens (including phenoxy) is 1. The quantitative estimate of drug-likeness (QED) is 0.358. The van der Waals surface area contributed by atoms with Crippen molar-refractivity contribution in [3.05, 3.63) is 77.5 Å². The Morgan fingerprint density at radius 2 is 2.03 bits per heavy atom. The van der Waals surface area contributed by atoms with Crippen LogP contribution in [0.1, 0.15) is 5.76 Å². The summed E-state index contributed by atoms with van der Waals surface area (Å²) in [6.07, 6.45) is 1.60. The molecule has 7 nitrogen and oxygen atoms in total. The van der Waals surface area contributed by atoms with Gasteiger partial charge in [0.25, 0.3) is 0 Å². The van der Waals surface area contributed by atoms with Crippen LogP contribution in [0, 0.1) is 5.82 Å². The Morgan fingerprint density at radius 1 is 1.22 bits per heavy atom. The number of carbonyl (C=O) groups excluding carboxylic acids is 1. The molecule has 2 aromatic carbocycles. The van der Waals surface area contributed by atoms with Crippen LogP contribution >= 0.6 is 23.4 Å². The Labute approximate surface area is 192 Å². The number of nitrogens with one attached hydrogen (secondary N) is 1. The van der Waals surface area contributed by atoms with Gasteiger partial charge in [-0.15, -0.1) is 10.2 Å². The predicted octanol–water partition coefficient (Wildman–Crippen LogP) is 5.12. The predicted molar refractivity (Wildman–Crippen MR) is 121 cm³/mol. The number of hydrogen-bond donors (Lipinski definition) is 1. The summed E-state index contributed by atoms with van der Waals surface area (Å²) in [6.45, 7) is 0.402. The lowest BCUT2D eigenvalue weighted by Gasteiger charge is -2.10. The molecule has 32 heavy (non-hydrogen) atoms. The fourth-order valence-electron chi connectivity index (χ4n) is 2.95. The molecule has 0 saturated heterocycles. The summed E-state index contributed by atoms with van der Waals surface area (Å²) in [7, 11) is 1.61. The van der Waals surface area contributed by atoms with Gasteiger partial charge < -0.3 is 14.5 Å².